The number of aliphatic hydroxyl groups is 2. The van der Waals surface area contributed by atoms with E-state index in [1.54, 1.807) is 5.32 Å². The highest BCUT2D eigenvalue weighted by Crippen LogP contribution is 2.48. The van der Waals surface area contributed by atoms with Crippen molar-refractivity contribution in [3.05, 3.63) is 57.9 Å². The lowest BCUT2D eigenvalue weighted by Crippen LogP contribution is -2.57. The van der Waals surface area contributed by atoms with E-state index in [2.05, 4.69) is 4.98 Å². The summed E-state index contributed by atoms with van der Waals surface area (Å²) in [7, 11) is 0. The molecule has 14 heteroatoms. The minimum atomic E-state index is -5.21. The average Bonchev–Trinajstić information content (AvgIpc) is 2.89. The van der Waals surface area contributed by atoms with Crippen molar-refractivity contribution in [2.24, 2.45) is 0 Å². The zero-order valence-electron chi connectivity index (χ0n) is 21.7. The van der Waals surface area contributed by atoms with Crippen molar-refractivity contribution < 1.29 is 57.1 Å². The molecule has 1 aliphatic heterocycles. The van der Waals surface area contributed by atoms with E-state index in [4.69, 9.17) is 9.47 Å². The highest BCUT2D eigenvalue weighted by Gasteiger charge is 2.48. The van der Waals surface area contributed by atoms with Crippen LogP contribution in [-0.4, -0.2) is 79.9 Å². The molecule has 4 N–H and O–H groups in total. The number of ketones is 3. The molecular weight excluding hydrogens is 553 g/mol. The van der Waals surface area contributed by atoms with Gasteiger partial charge in [0.05, 0.1) is 29.4 Å². The monoisotopic (exact) mass is 578 g/mol. The number of alkyl halides is 3. The van der Waals surface area contributed by atoms with E-state index in [1.165, 1.54) is 31.3 Å². The van der Waals surface area contributed by atoms with Crippen LogP contribution in [0, 0.1) is 0 Å². The Balaban J connectivity index is 1.54. The second kappa shape index (κ2) is 9.98. The van der Waals surface area contributed by atoms with Crippen molar-refractivity contribution in [1.29, 1.82) is 0 Å². The van der Waals surface area contributed by atoms with E-state index in [-0.39, 0.29) is 39.9 Å². The number of phenols is 1. The topological polar surface area (TPSA) is 172 Å². The lowest BCUT2D eigenvalue weighted by molar-refractivity contribution is -0.250. The number of ether oxygens (including phenoxy) is 2. The first-order chi connectivity index (χ1) is 19.1. The molecule has 1 saturated heterocycles. The summed E-state index contributed by atoms with van der Waals surface area (Å²) in [6.07, 6.45) is -10.5. The third-order valence-electron chi connectivity index (χ3n) is 7.74. The Hall–Kier alpha value is -3.72. The number of pyridine rings is 1. The molecule has 218 valence electrons. The van der Waals surface area contributed by atoms with Gasteiger partial charge in [-0.1, -0.05) is 0 Å². The summed E-state index contributed by atoms with van der Waals surface area (Å²) in [5.74, 6) is -4.90. The Labute approximate surface area is 230 Å². The molecule has 0 saturated carbocycles. The quantitative estimate of drug-likeness (QED) is 0.355. The Morgan fingerprint density at radius 1 is 1.22 bits per heavy atom. The van der Waals surface area contributed by atoms with Crippen LogP contribution in [0.5, 0.6) is 5.75 Å². The van der Waals surface area contributed by atoms with Crippen LogP contribution in [0.15, 0.2) is 24.4 Å². The molecule has 3 aliphatic rings. The molecule has 0 radical (unpaired) electrons. The molecule has 1 amide bonds. The Kier molecular flexibility index (Phi) is 7.01. The van der Waals surface area contributed by atoms with Gasteiger partial charge < -0.3 is 30.1 Å². The number of aromatic nitrogens is 1. The van der Waals surface area contributed by atoms with Crippen molar-refractivity contribution in [3.8, 4) is 5.75 Å². The Bertz CT molecular complexity index is 1480. The number of aliphatic hydroxyl groups excluding tert-OH is 1. The van der Waals surface area contributed by atoms with Crippen molar-refractivity contribution in [3.63, 3.8) is 0 Å². The number of nitrogens with zero attached hydrogens (tertiary/aromatic N) is 1. The number of rotatable bonds is 4. The average molecular weight is 578 g/mol. The Morgan fingerprint density at radius 2 is 1.93 bits per heavy atom. The summed E-state index contributed by atoms with van der Waals surface area (Å²) in [6, 6.07) is 2.73. The first kappa shape index (κ1) is 28.8. The first-order valence-corrected chi connectivity index (χ1v) is 12.7. The molecule has 1 aromatic carbocycles. The molecule has 0 spiro atoms. The highest BCUT2D eigenvalue weighted by molar-refractivity contribution is 6.28. The first-order valence-electron chi connectivity index (χ1n) is 12.7. The number of amides is 1. The van der Waals surface area contributed by atoms with E-state index >= 15 is 0 Å². The van der Waals surface area contributed by atoms with E-state index in [9.17, 15) is 47.7 Å². The fourth-order valence-electron chi connectivity index (χ4n) is 5.58. The number of carbonyl (C=O) groups excluding carboxylic acids is 4. The van der Waals surface area contributed by atoms with Crippen molar-refractivity contribution in [1.82, 2.24) is 10.3 Å². The lowest BCUT2D eigenvalue weighted by atomic mass is 9.73. The third-order valence-corrected chi connectivity index (χ3v) is 7.74. The predicted octanol–water partition coefficient (Wildman–Crippen LogP) is 1.43. The van der Waals surface area contributed by atoms with Crippen molar-refractivity contribution in [2.75, 3.05) is 0 Å². The highest BCUT2D eigenvalue weighted by atomic mass is 19.4. The van der Waals surface area contributed by atoms with Gasteiger partial charge in [0.1, 0.15) is 23.1 Å². The van der Waals surface area contributed by atoms with E-state index in [0.717, 1.165) is 6.92 Å². The minimum absolute atomic E-state index is 0.0184. The van der Waals surface area contributed by atoms with Gasteiger partial charge in [0, 0.05) is 36.6 Å². The second-order valence-corrected chi connectivity index (χ2v) is 10.4. The summed E-state index contributed by atoms with van der Waals surface area (Å²) in [6.45, 7) is 2.48. The number of aromatic hydroxyl groups is 1. The molecule has 6 atom stereocenters. The number of carbonyl (C=O) groups is 4. The van der Waals surface area contributed by atoms with Crippen LogP contribution >= 0.6 is 0 Å². The summed E-state index contributed by atoms with van der Waals surface area (Å²) < 4.78 is 50.1. The van der Waals surface area contributed by atoms with Gasteiger partial charge in [0.15, 0.2) is 17.9 Å². The van der Waals surface area contributed by atoms with Gasteiger partial charge in [-0.3, -0.25) is 24.2 Å². The van der Waals surface area contributed by atoms with Gasteiger partial charge in [-0.25, -0.2) is 0 Å². The summed E-state index contributed by atoms with van der Waals surface area (Å²) in [5, 5.41) is 34.6. The molecule has 41 heavy (non-hydrogen) atoms. The minimum Gasteiger partial charge on any atom is -0.507 e. The normalized spacial score (nSPS) is 29.3. The van der Waals surface area contributed by atoms with Crippen LogP contribution < -0.4 is 5.32 Å². The molecule has 0 bridgehead atoms. The zero-order chi connectivity index (χ0) is 30.0. The maximum atomic E-state index is 13.3. The number of fused-ring (bicyclic) bond motifs is 3. The van der Waals surface area contributed by atoms with Crippen LogP contribution in [-0.2, 0) is 25.5 Å². The van der Waals surface area contributed by atoms with Gasteiger partial charge in [-0.05, 0) is 37.6 Å². The maximum Gasteiger partial charge on any atom is 0.471 e. The standard InChI is InChI=1S/C27H25F3N2O9/c1-10-21(34)15(32-25(38)27(28,29)30)7-17(40-10)41-16-9-26(39,11(2)33)8-12-6-14-19(23(36)18(12)16)24(37)20-13(22(14)35)4-3-5-31-20/h3-6,10,15-17,21,34,36,39H,7-9H2,1-2H3,(H,32,38)/t10-,15-,16+,17-,21+,26+/m0/s1. The van der Waals surface area contributed by atoms with Crippen molar-refractivity contribution >= 4 is 23.3 Å². The predicted molar refractivity (Wildman–Crippen MR) is 130 cm³/mol. The fraction of sp³-hybridized carbons (Fsp3) is 0.444. The summed E-state index contributed by atoms with van der Waals surface area (Å²) >= 11 is 0. The second-order valence-electron chi connectivity index (χ2n) is 10.4. The third kappa shape index (κ3) is 4.90. The number of Topliss-reactive ketones (excluding diaryl/α,β-unsaturated/α-hetero) is 1. The number of halogens is 3. The van der Waals surface area contributed by atoms with E-state index < -0.39 is 84.3 Å². The van der Waals surface area contributed by atoms with Gasteiger partial charge >= 0.3 is 12.1 Å². The lowest BCUT2D eigenvalue weighted by Gasteiger charge is -2.42. The zero-order valence-corrected chi connectivity index (χ0v) is 21.7. The molecule has 2 heterocycles. The smallest absolute Gasteiger partial charge is 0.471 e. The molecule has 11 nitrogen and oxygen atoms in total. The molecule has 1 aromatic heterocycles. The molecule has 1 fully saturated rings. The number of hydrogen-bond donors (Lipinski definition) is 4. The van der Waals surface area contributed by atoms with Crippen LogP contribution in [0.1, 0.15) is 75.9 Å². The van der Waals surface area contributed by atoms with Crippen LogP contribution in [0.2, 0.25) is 0 Å². The maximum absolute atomic E-state index is 13.3. The number of hydrogen-bond acceptors (Lipinski definition) is 10. The molecule has 2 aromatic rings. The van der Waals surface area contributed by atoms with Crippen LogP contribution in [0.3, 0.4) is 0 Å². The SMILES string of the molecule is CC(=O)[C@@]1(O)Cc2cc3c(c(O)c2[C@H](O[C@H]2C[C@H](NC(=O)C(F)(F)F)[C@H](O)[C@H](C)O2)C1)C(=O)c1ncccc1C3=O. The fourth-order valence-corrected chi connectivity index (χ4v) is 5.58. The Morgan fingerprint density at radius 3 is 2.59 bits per heavy atom. The van der Waals surface area contributed by atoms with Crippen LogP contribution in [0.25, 0.3) is 0 Å². The van der Waals surface area contributed by atoms with Gasteiger partial charge in [-0.2, -0.15) is 13.2 Å². The molecule has 2 aliphatic carbocycles. The van der Waals surface area contributed by atoms with Gasteiger partial charge in [0.2, 0.25) is 5.78 Å². The van der Waals surface area contributed by atoms with Gasteiger partial charge in [-0.15, -0.1) is 0 Å². The number of benzene rings is 1. The molecule has 0 unspecified atom stereocenters. The molecular formula is C27H25F3N2O9. The van der Waals surface area contributed by atoms with Gasteiger partial charge in [0.25, 0.3) is 0 Å². The van der Waals surface area contributed by atoms with E-state index in [0.29, 0.717) is 0 Å². The largest absolute Gasteiger partial charge is 0.507 e. The number of nitrogens with one attached hydrogen (secondary N) is 1. The summed E-state index contributed by atoms with van der Waals surface area (Å²) in [5.41, 5.74) is -2.56. The van der Waals surface area contributed by atoms with Crippen LogP contribution in [0.4, 0.5) is 13.2 Å². The van der Waals surface area contributed by atoms with Crippen molar-refractivity contribution in [2.45, 2.75) is 75.5 Å². The summed E-state index contributed by atoms with van der Waals surface area (Å²) in [4.78, 5) is 54.5. The molecule has 5 rings (SSSR count). The number of phenolic OH excluding ortho intramolecular Hbond substituents is 1. The van der Waals surface area contributed by atoms with E-state index in [1.807, 2.05) is 0 Å².